The van der Waals surface area contributed by atoms with Crippen LogP contribution >= 0.6 is 11.3 Å². The van der Waals surface area contributed by atoms with Crippen LogP contribution in [0.1, 0.15) is 56.0 Å². The van der Waals surface area contributed by atoms with Crippen molar-refractivity contribution in [2.75, 3.05) is 0 Å². The molecule has 0 N–H and O–H groups in total. The first-order valence-electron chi connectivity index (χ1n) is 8.98. The second-order valence-corrected chi connectivity index (χ2v) is 9.31. The number of carbonyl (C=O) groups is 1. The molecule has 1 aliphatic heterocycles. The van der Waals surface area contributed by atoms with Gasteiger partial charge in [0, 0.05) is 17.0 Å². The summed E-state index contributed by atoms with van der Waals surface area (Å²) in [6.07, 6.45) is 2.19. The number of benzene rings is 1. The van der Waals surface area contributed by atoms with E-state index in [1.54, 1.807) is 11.3 Å². The Kier molecular flexibility index (Phi) is 5.12. The van der Waals surface area contributed by atoms with E-state index >= 15 is 0 Å². The highest BCUT2D eigenvalue weighted by Crippen LogP contribution is 2.36. The van der Waals surface area contributed by atoms with E-state index in [1.165, 1.54) is 0 Å². The first kappa shape index (κ1) is 19.3. The van der Waals surface area contributed by atoms with Gasteiger partial charge in [-0.3, -0.25) is 4.79 Å². The highest BCUT2D eigenvalue weighted by molar-refractivity contribution is 7.11. The number of nitrogens with zero attached hydrogens (tertiary/aromatic N) is 1. The molecule has 1 aliphatic rings. The fraction of sp³-hybridized carbons (Fsp3) is 0.500. The molecular formula is C20H26BNO3S. The van der Waals surface area contributed by atoms with Gasteiger partial charge >= 0.3 is 7.12 Å². The molecule has 0 spiro atoms. The number of carbonyl (C=O) groups excluding carboxylic acids is 1. The predicted octanol–water partition coefficient (Wildman–Crippen LogP) is 3.67. The van der Waals surface area contributed by atoms with E-state index in [0.717, 1.165) is 20.9 Å². The van der Waals surface area contributed by atoms with Crippen LogP contribution in [0, 0.1) is 6.92 Å². The van der Waals surface area contributed by atoms with Gasteiger partial charge in [0.25, 0.3) is 0 Å². The lowest BCUT2D eigenvalue weighted by atomic mass is 9.77. The molecule has 1 aromatic carbocycles. The Balaban J connectivity index is 1.76. The monoisotopic (exact) mass is 371 g/mol. The van der Waals surface area contributed by atoms with E-state index in [0.29, 0.717) is 6.42 Å². The smallest absolute Gasteiger partial charge is 0.399 e. The lowest BCUT2D eigenvalue weighted by Crippen LogP contribution is -2.41. The fourth-order valence-electron chi connectivity index (χ4n) is 2.93. The van der Waals surface area contributed by atoms with Crippen molar-refractivity contribution in [3.63, 3.8) is 0 Å². The first-order chi connectivity index (χ1) is 12.1. The standard InChI is InChI=1S/C20H26BNO3S/c1-13-12-22-18(26-13)11-17(23)14(2)15-8-7-9-16(10-15)21-24-19(3,4)20(5,6)25-21/h7-10,12,14H,11H2,1-6H3. The average Bonchev–Trinajstić information content (AvgIpc) is 3.06. The fourth-order valence-corrected chi connectivity index (χ4v) is 3.72. The quantitative estimate of drug-likeness (QED) is 0.753. The summed E-state index contributed by atoms with van der Waals surface area (Å²) in [6, 6.07) is 7.97. The zero-order chi connectivity index (χ0) is 19.1. The normalized spacial score (nSPS) is 19.5. The van der Waals surface area contributed by atoms with E-state index in [4.69, 9.17) is 9.31 Å². The van der Waals surface area contributed by atoms with Crippen LogP contribution in [0.25, 0.3) is 0 Å². The van der Waals surface area contributed by atoms with Gasteiger partial charge in [0.1, 0.15) is 10.8 Å². The number of hydrogen-bond donors (Lipinski definition) is 0. The molecular weight excluding hydrogens is 345 g/mol. The Bertz CT molecular complexity index is 799. The Hall–Kier alpha value is -1.50. The Morgan fingerprint density at radius 2 is 1.88 bits per heavy atom. The van der Waals surface area contributed by atoms with Crippen LogP contribution in [0.3, 0.4) is 0 Å². The van der Waals surface area contributed by atoms with Gasteiger partial charge < -0.3 is 9.31 Å². The largest absolute Gasteiger partial charge is 0.494 e. The molecule has 1 saturated heterocycles. The van der Waals surface area contributed by atoms with Crippen molar-refractivity contribution in [2.24, 2.45) is 0 Å². The predicted molar refractivity (Wildman–Crippen MR) is 106 cm³/mol. The van der Waals surface area contributed by atoms with Crippen molar-refractivity contribution >= 4 is 29.7 Å². The van der Waals surface area contributed by atoms with Gasteiger partial charge in [-0.15, -0.1) is 11.3 Å². The van der Waals surface area contributed by atoms with Crippen molar-refractivity contribution in [3.05, 3.63) is 45.9 Å². The van der Waals surface area contributed by atoms with Crippen LogP contribution < -0.4 is 5.46 Å². The summed E-state index contributed by atoms with van der Waals surface area (Å²) in [5, 5.41) is 0.876. The second kappa shape index (κ2) is 6.91. The van der Waals surface area contributed by atoms with Crippen LogP contribution in [-0.2, 0) is 20.5 Å². The Morgan fingerprint density at radius 1 is 1.23 bits per heavy atom. The Morgan fingerprint density at radius 3 is 2.46 bits per heavy atom. The number of rotatable bonds is 5. The average molecular weight is 371 g/mol. The summed E-state index contributed by atoms with van der Waals surface area (Å²) in [5.74, 6) is -0.0213. The molecule has 1 aromatic heterocycles. The van der Waals surface area contributed by atoms with Crippen LogP contribution in [-0.4, -0.2) is 29.1 Å². The minimum atomic E-state index is -0.413. The van der Waals surface area contributed by atoms with Crippen molar-refractivity contribution in [1.82, 2.24) is 4.98 Å². The molecule has 1 atom stereocenters. The number of hydrogen-bond acceptors (Lipinski definition) is 5. The van der Waals surface area contributed by atoms with Crippen molar-refractivity contribution in [1.29, 1.82) is 0 Å². The molecule has 3 rings (SSSR count). The molecule has 0 amide bonds. The topological polar surface area (TPSA) is 48.4 Å². The van der Waals surface area contributed by atoms with E-state index in [9.17, 15) is 4.79 Å². The van der Waals surface area contributed by atoms with Crippen molar-refractivity contribution < 1.29 is 14.1 Å². The Labute approximate surface area is 160 Å². The van der Waals surface area contributed by atoms with Gasteiger partial charge in [0.05, 0.1) is 17.6 Å². The van der Waals surface area contributed by atoms with Gasteiger partial charge in [-0.1, -0.05) is 31.2 Å². The molecule has 26 heavy (non-hydrogen) atoms. The highest BCUT2D eigenvalue weighted by Gasteiger charge is 2.51. The summed E-state index contributed by atoms with van der Waals surface area (Å²) in [6.45, 7) is 12.1. The summed E-state index contributed by atoms with van der Waals surface area (Å²) < 4.78 is 12.3. The van der Waals surface area contributed by atoms with E-state index in [2.05, 4.69) is 4.98 Å². The molecule has 0 aliphatic carbocycles. The SMILES string of the molecule is Cc1cnc(CC(=O)C(C)c2cccc(B3OC(C)(C)C(C)(C)O3)c2)s1. The van der Waals surface area contributed by atoms with Crippen LogP contribution in [0.5, 0.6) is 0 Å². The summed E-state index contributed by atoms with van der Waals surface area (Å²) >= 11 is 1.58. The third kappa shape index (κ3) is 3.78. The van der Waals surface area contributed by atoms with Crippen molar-refractivity contribution in [3.8, 4) is 0 Å². The van der Waals surface area contributed by atoms with Gasteiger partial charge in [0.15, 0.2) is 0 Å². The molecule has 2 aromatic rings. The summed E-state index contributed by atoms with van der Waals surface area (Å²) in [5.41, 5.74) is 1.18. The third-order valence-electron chi connectivity index (χ3n) is 5.41. The second-order valence-electron chi connectivity index (χ2n) is 7.99. The molecule has 2 heterocycles. The number of thiazole rings is 1. The maximum absolute atomic E-state index is 12.7. The maximum Gasteiger partial charge on any atom is 0.494 e. The van der Waals surface area contributed by atoms with Gasteiger partial charge in [-0.05, 0) is 45.6 Å². The molecule has 0 radical (unpaired) electrons. The lowest BCUT2D eigenvalue weighted by Gasteiger charge is -2.32. The minimum absolute atomic E-state index is 0.172. The summed E-state index contributed by atoms with van der Waals surface area (Å²) in [4.78, 5) is 18.1. The zero-order valence-corrected chi connectivity index (χ0v) is 17.1. The molecule has 6 heteroatoms. The number of aryl methyl sites for hydroxylation is 1. The first-order valence-corrected chi connectivity index (χ1v) is 9.80. The summed E-state index contributed by atoms with van der Waals surface area (Å²) in [7, 11) is -0.413. The molecule has 138 valence electrons. The lowest BCUT2D eigenvalue weighted by molar-refractivity contribution is -0.119. The van der Waals surface area contributed by atoms with E-state index in [1.807, 2.05) is 72.0 Å². The van der Waals surface area contributed by atoms with Crippen LogP contribution in [0.15, 0.2) is 30.5 Å². The van der Waals surface area contributed by atoms with Gasteiger partial charge in [-0.25, -0.2) is 4.98 Å². The highest BCUT2D eigenvalue weighted by atomic mass is 32.1. The van der Waals surface area contributed by atoms with E-state index < -0.39 is 7.12 Å². The molecule has 1 fully saturated rings. The number of aromatic nitrogens is 1. The molecule has 4 nitrogen and oxygen atoms in total. The van der Waals surface area contributed by atoms with Crippen LogP contribution in [0.4, 0.5) is 0 Å². The van der Waals surface area contributed by atoms with Gasteiger partial charge in [0.2, 0.25) is 0 Å². The maximum atomic E-state index is 12.7. The van der Waals surface area contributed by atoms with Crippen LogP contribution in [0.2, 0.25) is 0 Å². The zero-order valence-electron chi connectivity index (χ0n) is 16.3. The van der Waals surface area contributed by atoms with E-state index in [-0.39, 0.29) is 22.9 Å². The third-order valence-corrected chi connectivity index (χ3v) is 6.33. The number of Topliss-reactive ketones (excluding diaryl/α,β-unsaturated/α-hetero) is 1. The van der Waals surface area contributed by atoms with Gasteiger partial charge in [-0.2, -0.15) is 0 Å². The molecule has 1 unspecified atom stereocenters. The number of ketones is 1. The molecule has 0 saturated carbocycles. The minimum Gasteiger partial charge on any atom is -0.399 e. The molecule has 0 bridgehead atoms. The van der Waals surface area contributed by atoms with Crippen molar-refractivity contribution in [2.45, 2.75) is 65.1 Å².